The standard InChI is InChI=1S/C15H19N5O3/c1-8-6-9(2)20-14(17-8)12(10(3)18-20)15(22)19-4-5-23-11(7-19)13(16)21/h6,11H,4-5,7H2,1-3H3,(H2,16,21). The number of primary amides is 1. The number of nitrogens with zero attached hydrogens (tertiary/aromatic N) is 4. The molecule has 0 saturated carbocycles. The van der Waals surface area contributed by atoms with Gasteiger partial charge in [-0.15, -0.1) is 0 Å². The van der Waals surface area contributed by atoms with E-state index in [1.54, 1.807) is 16.3 Å². The zero-order chi connectivity index (χ0) is 16.7. The number of aryl methyl sites for hydroxylation is 3. The van der Waals surface area contributed by atoms with Crippen molar-refractivity contribution in [2.45, 2.75) is 26.9 Å². The molecular formula is C15H19N5O3. The minimum atomic E-state index is -0.772. The molecule has 1 aliphatic rings. The fourth-order valence-electron chi connectivity index (χ4n) is 2.84. The number of nitrogens with two attached hydrogens (primary N) is 1. The minimum Gasteiger partial charge on any atom is -0.367 e. The summed E-state index contributed by atoms with van der Waals surface area (Å²) in [5.74, 6) is -0.770. The van der Waals surface area contributed by atoms with Crippen molar-refractivity contribution < 1.29 is 14.3 Å². The molecule has 1 atom stereocenters. The number of carbonyl (C=O) groups excluding carboxylic acids is 2. The van der Waals surface area contributed by atoms with Crippen LogP contribution in [0.5, 0.6) is 0 Å². The zero-order valence-electron chi connectivity index (χ0n) is 13.4. The van der Waals surface area contributed by atoms with E-state index in [0.717, 1.165) is 11.4 Å². The molecule has 2 amide bonds. The van der Waals surface area contributed by atoms with Gasteiger partial charge in [-0.25, -0.2) is 9.50 Å². The summed E-state index contributed by atoms with van der Waals surface area (Å²) in [4.78, 5) is 30.2. The highest BCUT2D eigenvalue weighted by Crippen LogP contribution is 2.19. The molecule has 23 heavy (non-hydrogen) atoms. The van der Waals surface area contributed by atoms with Gasteiger partial charge in [0.1, 0.15) is 5.56 Å². The summed E-state index contributed by atoms with van der Waals surface area (Å²) in [6, 6.07) is 1.91. The Kier molecular flexibility index (Phi) is 3.77. The molecule has 3 heterocycles. The van der Waals surface area contributed by atoms with Gasteiger partial charge in [0, 0.05) is 17.9 Å². The molecule has 0 spiro atoms. The molecule has 1 aliphatic heterocycles. The second kappa shape index (κ2) is 5.62. The molecule has 8 heteroatoms. The molecule has 1 saturated heterocycles. The topological polar surface area (TPSA) is 103 Å². The van der Waals surface area contributed by atoms with Crippen LogP contribution in [-0.2, 0) is 9.53 Å². The van der Waals surface area contributed by atoms with Crippen LogP contribution in [0.2, 0.25) is 0 Å². The van der Waals surface area contributed by atoms with E-state index in [0.29, 0.717) is 23.4 Å². The van der Waals surface area contributed by atoms with Gasteiger partial charge >= 0.3 is 0 Å². The molecule has 0 aromatic carbocycles. The van der Waals surface area contributed by atoms with Crippen LogP contribution < -0.4 is 5.73 Å². The lowest BCUT2D eigenvalue weighted by Gasteiger charge is -2.31. The predicted octanol–water partition coefficient (Wildman–Crippen LogP) is -0.0191. The van der Waals surface area contributed by atoms with Crippen LogP contribution in [0.15, 0.2) is 6.07 Å². The van der Waals surface area contributed by atoms with E-state index in [-0.39, 0.29) is 19.1 Å². The number of morpholine rings is 1. The summed E-state index contributed by atoms with van der Waals surface area (Å²) in [5, 5.41) is 4.41. The first-order valence-corrected chi connectivity index (χ1v) is 7.42. The maximum atomic E-state index is 12.9. The van der Waals surface area contributed by atoms with Crippen molar-refractivity contribution in [3.05, 3.63) is 28.7 Å². The maximum absolute atomic E-state index is 12.9. The smallest absolute Gasteiger partial charge is 0.259 e. The maximum Gasteiger partial charge on any atom is 0.259 e. The third-order valence-electron chi connectivity index (χ3n) is 3.96. The molecular weight excluding hydrogens is 298 g/mol. The Morgan fingerprint density at radius 1 is 1.35 bits per heavy atom. The molecule has 0 aliphatic carbocycles. The van der Waals surface area contributed by atoms with Gasteiger partial charge in [-0.05, 0) is 26.8 Å². The van der Waals surface area contributed by atoms with E-state index < -0.39 is 12.0 Å². The number of aromatic nitrogens is 3. The average molecular weight is 317 g/mol. The van der Waals surface area contributed by atoms with Gasteiger partial charge in [0.15, 0.2) is 11.8 Å². The molecule has 122 valence electrons. The van der Waals surface area contributed by atoms with E-state index in [4.69, 9.17) is 10.5 Å². The van der Waals surface area contributed by atoms with Crippen LogP contribution in [0.4, 0.5) is 0 Å². The van der Waals surface area contributed by atoms with Gasteiger partial charge in [0.25, 0.3) is 5.91 Å². The summed E-state index contributed by atoms with van der Waals surface area (Å²) < 4.78 is 6.96. The number of carbonyl (C=O) groups is 2. The summed E-state index contributed by atoms with van der Waals surface area (Å²) in [6.07, 6.45) is -0.772. The van der Waals surface area contributed by atoms with E-state index in [2.05, 4.69) is 10.1 Å². The molecule has 1 fully saturated rings. The number of rotatable bonds is 2. The van der Waals surface area contributed by atoms with E-state index in [1.807, 2.05) is 19.9 Å². The summed E-state index contributed by atoms with van der Waals surface area (Å²) >= 11 is 0. The lowest BCUT2D eigenvalue weighted by Crippen LogP contribution is -2.50. The summed E-state index contributed by atoms with van der Waals surface area (Å²) in [7, 11) is 0. The largest absolute Gasteiger partial charge is 0.367 e. The van der Waals surface area contributed by atoms with Gasteiger partial charge in [-0.2, -0.15) is 5.10 Å². The Hall–Kier alpha value is -2.48. The average Bonchev–Trinajstić information content (AvgIpc) is 2.83. The van der Waals surface area contributed by atoms with Crippen LogP contribution in [0, 0.1) is 20.8 Å². The van der Waals surface area contributed by atoms with E-state index >= 15 is 0 Å². The van der Waals surface area contributed by atoms with Gasteiger partial charge in [-0.3, -0.25) is 9.59 Å². The molecule has 1 unspecified atom stereocenters. The van der Waals surface area contributed by atoms with Crippen molar-refractivity contribution in [3.63, 3.8) is 0 Å². The number of hydrogen-bond donors (Lipinski definition) is 1. The number of amides is 2. The lowest BCUT2D eigenvalue weighted by molar-refractivity contribution is -0.133. The molecule has 2 aromatic heterocycles. The van der Waals surface area contributed by atoms with Crippen molar-refractivity contribution >= 4 is 17.5 Å². The zero-order valence-corrected chi connectivity index (χ0v) is 13.4. The number of fused-ring (bicyclic) bond motifs is 1. The minimum absolute atomic E-state index is 0.149. The summed E-state index contributed by atoms with van der Waals surface area (Å²) in [6.45, 7) is 6.41. The molecule has 0 bridgehead atoms. The van der Waals surface area contributed by atoms with Gasteiger partial charge in [0.2, 0.25) is 5.91 Å². The fourth-order valence-corrected chi connectivity index (χ4v) is 2.84. The summed E-state index contributed by atoms with van der Waals surface area (Å²) in [5.41, 5.74) is 8.61. The van der Waals surface area contributed by atoms with Crippen molar-refractivity contribution in [2.24, 2.45) is 5.73 Å². The highest BCUT2D eigenvalue weighted by molar-refractivity contribution is 6.01. The second-order valence-corrected chi connectivity index (χ2v) is 5.75. The van der Waals surface area contributed by atoms with E-state index in [9.17, 15) is 9.59 Å². The first kappa shape index (κ1) is 15.4. The Balaban J connectivity index is 2.01. The quantitative estimate of drug-likeness (QED) is 0.838. The van der Waals surface area contributed by atoms with Crippen molar-refractivity contribution in [1.82, 2.24) is 19.5 Å². The Morgan fingerprint density at radius 2 is 2.09 bits per heavy atom. The molecule has 8 nitrogen and oxygen atoms in total. The Morgan fingerprint density at radius 3 is 2.78 bits per heavy atom. The van der Waals surface area contributed by atoms with Crippen molar-refractivity contribution in [1.29, 1.82) is 0 Å². The normalized spacial score (nSPS) is 18.4. The highest BCUT2D eigenvalue weighted by atomic mass is 16.5. The van der Waals surface area contributed by atoms with Crippen LogP contribution >= 0.6 is 0 Å². The first-order chi connectivity index (χ1) is 10.9. The molecule has 3 rings (SSSR count). The SMILES string of the molecule is Cc1cc(C)n2nc(C)c(C(=O)N3CCOC(C(N)=O)C3)c2n1. The third kappa shape index (κ3) is 2.65. The lowest BCUT2D eigenvalue weighted by atomic mass is 10.1. The van der Waals surface area contributed by atoms with Crippen LogP contribution in [0.3, 0.4) is 0 Å². The molecule has 0 radical (unpaired) electrons. The third-order valence-corrected chi connectivity index (χ3v) is 3.96. The van der Waals surface area contributed by atoms with Gasteiger partial charge in [0.05, 0.1) is 18.8 Å². The molecule has 2 N–H and O–H groups in total. The Labute approximate surface area is 133 Å². The first-order valence-electron chi connectivity index (χ1n) is 7.42. The van der Waals surface area contributed by atoms with Crippen molar-refractivity contribution in [2.75, 3.05) is 19.7 Å². The van der Waals surface area contributed by atoms with Gasteiger partial charge < -0.3 is 15.4 Å². The van der Waals surface area contributed by atoms with Crippen LogP contribution in [-0.4, -0.2) is 57.1 Å². The van der Waals surface area contributed by atoms with Crippen LogP contribution in [0.25, 0.3) is 5.65 Å². The number of ether oxygens (including phenoxy) is 1. The van der Waals surface area contributed by atoms with Crippen LogP contribution in [0.1, 0.15) is 27.4 Å². The highest BCUT2D eigenvalue weighted by Gasteiger charge is 2.31. The predicted molar refractivity (Wildman–Crippen MR) is 82.0 cm³/mol. The van der Waals surface area contributed by atoms with E-state index in [1.165, 1.54) is 0 Å². The van der Waals surface area contributed by atoms with Gasteiger partial charge in [-0.1, -0.05) is 0 Å². The molecule has 2 aromatic rings. The monoisotopic (exact) mass is 317 g/mol. The fraction of sp³-hybridized carbons (Fsp3) is 0.467. The number of hydrogen-bond acceptors (Lipinski definition) is 5. The second-order valence-electron chi connectivity index (χ2n) is 5.75. The van der Waals surface area contributed by atoms with Crippen molar-refractivity contribution in [3.8, 4) is 0 Å². The Bertz CT molecular complexity index is 798.